The van der Waals surface area contributed by atoms with Crippen LogP contribution in [0.5, 0.6) is 5.75 Å². The van der Waals surface area contributed by atoms with Gasteiger partial charge in [0.25, 0.3) is 0 Å². The topological polar surface area (TPSA) is 72.7 Å². The van der Waals surface area contributed by atoms with Gasteiger partial charge in [0.1, 0.15) is 17.3 Å². The van der Waals surface area contributed by atoms with Gasteiger partial charge in [-0.3, -0.25) is 14.7 Å². The number of nitriles is 1. The van der Waals surface area contributed by atoms with Crippen LogP contribution in [0.2, 0.25) is 0 Å². The van der Waals surface area contributed by atoms with E-state index in [4.69, 9.17) is 4.74 Å². The third-order valence-electron chi connectivity index (χ3n) is 6.47. The molecule has 1 aromatic carbocycles. The van der Waals surface area contributed by atoms with Gasteiger partial charge in [0.15, 0.2) is 0 Å². The van der Waals surface area contributed by atoms with E-state index in [-0.39, 0.29) is 11.9 Å². The van der Waals surface area contributed by atoms with Gasteiger partial charge in [-0.15, -0.1) is 0 Å². The van der Waals surface area contributed by atoms with Gasteiger partial charge in [-0.25, -0.2) is 0 Å². The Morgan fingerprint density at radius 3 is 2.83 bits per heavy atom. The number of carbonyl (C=O) groups excluding carboxylic acids is 1. The van der Waals surface area contributed by atoms with Crippen molar-refractivity contribution in [2.45, 2.75) is 37.8 Å². The maximum Gasteiger partial charge on any atom is 0.237 e. The summed E-state index contributed by atoms with van der Waals surface area (Å²) in [6.07, 6.45) is 5.66. The first-order chi connectivity index (χ1) is 14.6. The molecule has 0 spiro atoms. The highest BCUT2D eigenvalue weighted by Crippen LogP contribution is 2.28. The van der Waals surface area contributed by atoms with E-state index in [1.165, 1.54) is 0 Å². The van der Waals surface area contributed by atoms with E-state index in [1.807, 2.05) is 18.3 Å². The van der Waals surface area contributed by atoms with Crippen molar-refractivity contribution in [3.8, 4) is 11.8 Å². The molecular weight excluding hydrogens is 378 g/mol. The molecule has 0 aliphatic carbocycles. The third-order valence-corrected chi connectivity index (χ3v) is 6.47. The molecule has 7 nitrogen and oxygen atoms in total. The number of rotatable bonds is 5. The molecule has 30 heavy (non-hydrogen) atoms. The minimum atomic E-state index is -0.236. The molecule has 2 saturated heterocycles. The Balaban J connectivity index is 1.35. The number of pyridine rings is 1. The molecule has 2 fully saturated rings. The van der Waals surface area contributed by atoms with Gasteiger partial charge in [0.05, 0.1) is 31.6 Å². The number of hydrogen-bond acceptors (Lipinski definition) is 6. The van der Waals surface area contributed by atoms with Gasteiger partial charge < -0.3 is 14.5 Å². The van der Waals surface area contributed by atoms with Crippen molar-refractivity contribution < 1.29 is 9.53 Å². The number of methoxy groups -OCH3 is 1. The van der Waals surface area contributed by atoms with Crippen molar-refractivity contribution in [1.82, 2.24) is 14.8 Å². The molecule has 2 aliphatic heterocycles. The Morgan fingerprint density at radius 1 is 1.30 bits per heavy atom. The van der Waals surface area contributed by atoms with Crippen molar-refractivity contribution in [2.75, 3.05) is 45.2 Å². The Hall–Kier alpha value is -2.85. The quantitative estimate of drug-likeness (QED) is 0.759. The number of amides is 1. The number of anilines is 1. The lowest BCUT2D eigenvalue weighted by molar-refractivity contribution is -0.132. The van der Waals surface area contributed by atoms with Crippen molar-refractivity contribution in [3.05, 3.63) is 30.5 Å². The molecule has 1 amide bonds. The Labute approximate surface area is 177 Å². The van der Waals surface area contributed by atoms with Gasteiger partial charge in [0, 0.05) is 38.1 Å². The molecule has 1 atom stereocenters. The summed E-state index contributed by atoms with van der Waals surface area (Å²) in [7, 11) is 3.79. The van der Waals surface area contributed by atoms with Gasteiger partial charge in [-0.05, 0) is 37.8 Å². The Kier molecular flexibility index (Phi) is 6.05. The van der Waals surface area contributed by atoms with E-state index >= 15 is 0 Å². The highest BCUT2D eigenvalue weighted by atomic mass is 16.5. The normalized spacial score (nSPS) is 20.3. The maximum absolute atomic E-state index is 12.6. The number of hydrogen-bond donors (Lipinski definition) is 0. The van der Waals surface area contributed by atoms with E-state index < -0.39 is 0 Å². The molecule has 0 radical (unpaired) electrons. The molecule has 1 unspecified atom stereocenters. The number of benzene rings is 1. The number of carbonyl (C=O) groups is 1. The molecule has 2 aliphatic rings. The van der Waals surface area contributed by atoms with Gasteiger partial charge in [-0.1, -0.05) is 12.1 Å². The molecule has 0 N–H and O–H groups in total. The second-order valence-electron chi connectivity index (χ2n) is 8.22. The van der Waals surface area contributed by atoms with Crippen LogP contribution in [0.25, 0.3) is 10.9 Å². The lowest BCUT2D eigenvalue weighted by Gasteiger charge is -2.38. The first-order valence-electron chi connectivity index (χ1n) is 10.7. The summed E-state index contributed by atoms with van der Waals surface area (Å²) in [6, 6.07) is 10.6. The van der Waals surface area contributed by atoms with Gasteiger partial charge >= 0.3 is 0 Å². The van der Waals surface area contributed by atoms with E-state index in [2.05, 4.69) is 40.0 Å². The fourth-order valence-corrected chi connectivity index (χ4v) is 4.64. The molecule has 2 aromatic rings. The first-order valence-corrected chi connectivity index (χ1v) is 10.7. The van der Waals surface area contributed by atoms with Crippen molar-refractivity contribution >= 4 is 22.5 Å². The number of aromatic nitrogens is 1. The molecule has 1 aromatic heterocycles. The zero-order valence-electron chi connectivity index (χ0n) is 17.8. The Morgan fingerprint density at radius 2 is 2.10 bits per heavy atom. The summed E-state index contributed by atoms with van der Waals surface area (Å²) in [5.74, 6) is 0.884. The summed E-state index contributed by atoms with van der Waals surface area (Å²) >= 11 is 0. The molecule has 158 valence electrons. The maximum atomic E-state index is 12.6. The fourth-order valence-electron chi connectivity index (χ4n) is 4.64. The lowest BCUT2D eigenvalue weighted by atomic mass is 10.0. The number of para-hydroxylation sites is 1. The van der Waals surface area contributed by atoms with Crippen LogP contribution in [-0.4, -0.2) is 73.1 Å². The monoisotopic (exact) mass is 407 g/mol. The van der Waals surface area contributed by atoms with E-state index in [1.54, 1.807) is 12.0 Å². The number of piperidine rings is 1. The average Bonchev–Trinajstić information content (AvgIpc) is 3.27. The van der Waals surface area contributed by atoms with Crippen LogP contribution in [0.4, 0.5) is 5.69 Å². The molecule has 3 heterocycles. The van der Waals surface area contributed by atoms with Gasteiger partial charge in [-0.2, -0.15) is 5.26 Å². The fraction of sp³-hybridized carbons (Fsp3) is 0.522. The molecule has 0 bridgehead atoms. The highest BCUT2D eigenvalue weighted by Gasteiger charge is 2.31. The smallest absolute Gasteiger partial charge is 0.237 e. The minimum absolute atomic E-state index is 0.0959. The van der Waals surface area contributed by atoms with Crippen LogP contribution < -0.4 is 9.64 Å². The summed E-state index contributed by atoms with van der Waals surface area (Å²) in [5.41, 5.74) is 1.97. The second-order valence-corrected chi connectivity index (χ2v) is 8.22. The number of ether oxygens (including phenoxy) is 1. The van der Waals surface area contributed by atoms with Crippen molar-refractivity contribution in [1.29, 1.82) is 5.26 Å². The van der Waals surface area contributed by atoms with E-state index in [9.17, 15) is 10.1 Å². The zero-order valence-corrected chi connectivity index (χ0v) is 17.8. The number of nitrogens with zero attached hydrogens (tertiary/aromatic N) is 5. The molecular formula is C23H29N5O2. The molecule has 4 rings (SSSR count). The van der Waals surface area contributed by atoms with Crippen molar-refractivity contribution in [3.63, 3.8) is 0 Å². The van der Waals surface area contributed by atoms with Crippen molar-refractivity contribution in [2.24, 2.45) is 0 Å². The zero-order chi connectivity index (χ0) is 21.1. The summed E-state index contributed by atoms with van der Waals surface area (Å²) in [4.78, 5) is 23.5. The number of fused-ring (bicyclic) bond motifs is 1. The largest absolute Gasteiger partial charge is 0.494 e. The molecule has 0 saturated carbocycles. The predicted molar refractivity (Wildman–Crippen MR) is 117 cm³/mol. The standard InChI is InChI=1S/C23H29N5O2/c1-26(20-13-17-5-3-7-21(30-2)23(17)25-15-20)18-8-11-27(12-9-18)16-22(29)28-10-4-6-19(28)14-24/h3,5,7,13,15,18-19H,4,6,8-12,16H2,1-2H3. The lowest BCUT2D eigenvalue weighted by Crippen LogP contribution is -2.48. The van der Waals surface area contributed by atoms with Crippen LogP contribution in [0, 0.1) is 11.3 Å². The highest BCUT2D eigenvalue weighted by molar-refractivity contribution is 5.87. The van der Waals surface area contributed by atoms with Crippen LogP contribution >= 0.6 is 0 Å². The van der Waals surface area contributed by atoms with Crippen LogP contribution in [-0.2, 0) is 4.79 Å². The van der Waals surface area contributed by atoms with Crippen LogP contribution in [0.3, 0.4) is 0 Å². The SMILES string of the molecule is COc1cccc2cc(N(C)C3CCN(CC(=O)N4CCCC4C#N)CC3)cnc12. The summed E-state index contributed by atoms with van der Waals surface area (Å²) < 4.78 is 5.41. The van der Waals surface area contributed by atoms with Crippen LogP contribution in [0.15, 0.2) is 30.5 Å². The number of likely N-dealkylation sites (tertiary alicyclic amines) is 2. The third kappa shape index (κ3) is 4.05. The first kappa shape index (κ1) is 20.4. The van der Waals surface area contributed by atoms with E-state index in [0.717, 1.165) is 67.7 Å². The average molecular weight is 408 g/mol. The summed E-state index contributed by atoms with van der Waals surface area (Å²) in [6.45, 7) is 2.92. The second kappa shape index (κ2) is 8.88. The predicted octanol–water partition coefficient (Wildman–Crippen LogP) is 2.66. The minimum Gasteiger partial charge on any atom is -0.494 e. The van der Waals surface area contributed by atoms with Gasteiger partial charge in [0.2, 0.25) is 5.91 Å². The molecule has 7 heteroatoms. The Bertz CT molecular complexity index is 948. The summed E-state index contributed by atoms with van der Waals surface area (Å²) in [5, 5.41) is 10.3. The van der Waals surface area contributed by atoms with E-state index in [0.29, 0.717) is 12.6 Å². The van der Waals surface area contributed by atoms with Crippen LogP contribution in [0.1, 0.15) is 25.7 Å².